The monoisotopic (exact) mass is 440 g/mol. The molecule has 0 unspecified atom stereocenters. The van der Waals surface area contributed by atoms with Crippen LogP contribution in [0.5, 0.6) is 0 Å². The average Bonchev–Trinajstić information content (AvgIpc) is 2.51. The van der Waals surface area contributed by atoms with Crippen LogP contribution in [0.1, 0.15) is 46.5 Å². The number of halogens is 1. The van der Waals surface area contributed by atoms with Gasteiger partial charge in [-0.1, -0.05) is 13.8 Å². The van der Waals surface area contributed by atoms with Crippen LogP contribution >= 0.6 is 24.0 Å². The van der Waals surface area contributed by atoms with E-state index in [0.717, 1.165) is 50.8 Å². The van der Waals surface area contributed by atoms with Crippen molar-refractivity contribution in [2.75, 3.05) is 33.3 Å². The normalized spacial score (nSPS) is 16.0. The molecule has 136 valence electrons. The van der Waals surface area contributed by atoms with Gasteiger partial charge in [-0.05, 0) is 38.5 Å². The van der Waals surface area contributed by atoms with Gasteiger partial charge in [0.05, 0.1) is 6.61 Å². The molecule has 7 heteroatoms. The number of ether oxygens (including phenoxy) is 1. The van der Waals surface area contributed by atoms with Crippen LogP contribution in [0.25, 0.3) is 0 Å². The van der Waals surface area contributed by atoms with E-state index in [4.69, 9.17) is 4.74 Å². The smallest absolute Gasteiger partial charge is 0.409 e. The van der Waals surface area contributed by atoms with Crippen molar-refractivity contribution in [3.05, 3.63) is 0 Å². The summed E-state index contributed by atoms with van der Waals surface area (Å²) in [6.07, 6.45) is 4.02. The van der Waals surface area contributed by atoms with Gasteiger partial charge in [-0.2, -0.15) is 0 Å². The summed E-state index contributed by atoms with van der Waals surface area (Å²) in [5, 5.41) is 6.81. The number of nitrogens with zero attached hydrogens (tertiary/aromatic N) is 2. The number of hydrogen-bond acceptors (Lipinski definition) is 3. The molecule has 1 rings (SSSR count). The van der Waals surface area contributed by atoms with E-state index >= 15 is 0 Å². The van der Waals surface area contributed by atoms with E-state index in [2.05, 4.69) is 29.5 Å². The van der Waals surface area contributed by atoms with Crippen molar-refractivity contribution in [3.63, 3.8) is 0 Å². The van der Waals surface area contributed by atoms with Crippen molar-refractivity contribution in [3.8, 4) is 0 Å². The maximum Gasteiger partial charge on any atom is 0.409 e. The van der Waals surface area contributed by atoms with Crippen LogP contribution in [-0.4, -0.2) is 56.3 Å². The molecule has 1 aliphatic rings. The molecule has 6 nitrogen and oxygen atoms in total. The van der Waals surface area contributed by atoms with E-state index in [1.807, 2.05) is 6.92 Å². The minimum atomic E-state index is -0.197. The van der Waals surface area contributed by atoms with E-state index in [-0.39, 0.29) is 30.1 Å². The van der Waals surface area contributed by atoms with Crippen LogP contribution in [0.2, 0.25) is 0 Å². The van der Waals surface area contributed by atoms with Gasteiger partial charge in [0.25, 0.3) is 0 Å². The van der Waals surface area contributed by atoms with Crippen molar-refractivity contribution >= 4 is 36.0 Å². The van der Waals surface area contributed by atoms with E-state index in [1.165, 1.54) is 6.42 Å². The van der Waals surface area contributed by atoms with E-state index in [1.54, 1.807) is 11.9 Å². The highest BCUT2D eigenvalue weighted by Gasteiger charge is 2.23. The van der Waals surface area contributed by atoms with Gasteiger partial charge in [-0.15, -0.1) is 24.0 Å². The lowest BCUT2D eigenvalue weighted by molar-refractivity contribution is 0.0963. The second-order valence-corrected chi connectivity index (χ2v) is 6.14. The number of rotatable bonds is 6. The summed E-state index contributed by atoms with van der Waals surface area (Å²) in [6, 6.07) is 0.363. The second kappa shape index (κ2) is 12.7. The summed E-state index contributed by atoms with van der Waals surface area (Å²) in [7, 11) is 1.80. The zero-order valence-electron chi connectivity index (χ0n) is 14.9. The second-order valence-electron chi connectivity index (χ2n) is 6.14. The van der Waals surface area contributed by atoms with Gasteiger partial charge < -0.3 is 20.3 Å². The zero-order valence-corrected chi connectivity index (χ0v) is 17.3. The number of nitrogens with one attached hydrogen (secondary N) is 2. The van der Waals surface area contributed by atoms with E-state index in [9.17, 15) is 4.79 Å². The molecule has 2 N–H and O–H groups in total. The Hall–Kier alpha value is -0.730. The average molecular weight is 440 g/mol. The topological polar surface area (TPSA) is 66.0 Å². The number of hydrogen-bond donors (Lipinski definition) is 2. The van der Waals surface area contributed by atoms with Gasteiger partial charge >= 0.3 is 6.09 Å². The molecule has 0 aromatic carbocycles. The fourth-order valence-corrected chi connectivity index (χ4v) is 2.53. The molecule has 0 bridgehead atoms. The lowest BCUT2D eigenvalue weighted by Crippen LogP contribution is -2.50. The first-order valence-corrected chi connectivity index (χ1v) is 8.45. The first kappa shape index (κ1) is 22.3. The Kier molecular flexibility index (Phi) is 12.3. The van der Waals surface area contributed by atoms with Crippen molar-refractivity contribution in [1.82, 2.24) is 15.5 Å². The largest absolute Gasteiger partial charge is 0.450 e. The molecule has 1 heterocycles. The number of carbonyl (C=O) groups excluding carboxylic acids is 1. The van der Waals surface area contributed by atoms with Gasteiger partial charge in [0.2, 0.25) is 0 Å². The minimum Gasteiger partial charge on any atom is -0.450 e. The predicted molar refractivity (Wildman–Crippen MR) is 106 cm³/mol. The summed E-state index contributed by atoms with van der Waals surface area (Å²) in [6.45, 7) is 9.17. The van der Waals surface area contributed by atoms with Crippen LogP contribution in [0.3, 0.4) is 0 Å². The Bertz CT molecular complexity index is 356. The van der Waals surface area contributed by atoms with Crippen molar-refractivity contribution < 1.29 is 9.53 Å². The fourth-order valence-electron chi connectivity index (χ4n) is 2.53. The first-order valence-electron chi connectivity index (χ1n) is 8.45. The van der Waals surface area contributed by atoms with Crippen LogP contribution in [0, 0.1) is 5.92 Å². The summed E-state index contributed by atoms with van der Waals surface area (Å²) in [5.74, 6) is 1.60. The maximum absolute atomic E-state index is 11.7. The Labute approximate surface area is 157 Å². The molecule has 0 saturated carbocycles. The quantitative estimate of drug-likeness (QED) is 0.289. The molecule has 0 aliphatic carbocycles. The van der Waals surface area contributed by atoms with Gasteiger partial charge in [-0.3, -0.25) is 4.99 Å². The molecule has 0 aromatic heterocycles. The molecule has 23 heavy (non-hydrogen) atoms. The number of piperidine rings is 1. The van der Waals surface area contributed by atoms with Crippen molar-refractivity contribution in [2.24, 2.45) is 10.9 Å². The number of likely N-dealkylation sites (tertiary alicyclic amines) is 1. The van der Waals surface area contributed by atoms with Gasteiger partial charge in [-0.25, -0.2) is 4.79 Å². The molecular weight excluding hydrogens is 407 g/mol. The molecule has 0 aromatic rings. The Balaban J connectivity index is 0.00000484. The third kappa shape index (κ3) is 9.22. The summed E-state index contributed by atoms with van der Waals surface area (Å²) < 4.78 is 5.03. The SMILES string of the molecule is CCOC(=O)N1CCC(NC(=NC)NCCCC(C)C)CC1.I. The van der Waals surface area contributed by atoms with Gasteiger partial charge in [0, 0.05) is 32.7 Å². The number of guanidine groups is 1. The molecule has 0 spiro atoms. The molecule has 0 radical (unpaired) electrons. The third-order valence-corrected chi connectivity index (χ3v) is 3.84. The lowest BCUT2D eigenvalue weighted by atomic mass is 10.1. The maximum atomic E-state index is 11.7. The van der Waals surface area contributed by atoms with Gasteiger partial charge in [0.1, 0.15) is 0 Å². The first-order chi connectivity index (χ1) is 10.6. The highest BCUT2D eigenvalue weighted by Crippen LogP contribution is 2.11. The van der Waals surface area contributed by atoms with E-state index in [0.29, 0.717) is 12.6 Å². The van der Waals surface area contributed by atoms with Crippen LogP contribution in [0.4, 0.5) is 4.79 Å². The third-order valence-electron chi connectivity index (χ3n) is 3.84. The summed E-state index contributed by atoms with van der Waals surface area (Å²) in [4.78, 5) is 17.7. The molecule has 0 atom stereocenters. The highest BCUT2D eigenvalue weighted by molar-refractivity contribution is 14.0. The Morgan fingerprint density at radius 3 is 2.52 bits per heavy atom. The van der Waals surface area contributed by atoms with Crippen LogP contribution in [-0.2, 0) is 4.74 Å². The number of carbonyl (C=O) groups is 1. The number of aliphatic imine (C=N–C) groups is 1. The predicted octanol–water partition coefficient (Wildman–Crippen LogP) is 2.83. The molecule has 1 amide bonds. The minimum absolute atomic E-state index is 0. The molecule has 1 saturated heterocycles. The zero-order chi connectivity index (χ0) is 16.4. The standard InChI is InChI=1S/C16H32N4O2.HI/c1-5-22-16(21)20-11-8-14(9-12-20)19-15(17-4)18-10-6-7-13(2)3;/h13-14H,5-12H2,1-4H3,(H2,17,18,19);1H. The molecule has 1 fully saturated rings. The Morgan fingerprint density at radius 2 is 2.00 bits per heavy atom. The highest BCUT2D eigenvalue weighted by atomic mass is 127. The van der Waals surface area contributed by atoms with Crippen molar-refractivity contribution in [1.29, 1.82) is 0 Å². The molecule has 1 aliphatic heterocycles. The van der Waals surface area contributed by atoms with Crippen LogP contribution < -0.4 is 10.6 Å². The Morgan fingerprint density at radius 1 is 1.35 bits per heavy atom. The van der Waals surface area contributed by atoms with Crippen LogP contribution in [0.15, 0.2) is 4.99 Å². The number of amides is 1. The fraction of sp³-hybridized carbons (Fsp3) is 0.875. The lowest BCUT2D eigenvalue weighted by Gasteiger charge is -2.32. The van der Waals surface area contributed by atoms with Crippen molar-refractivity contribution in [2.45, 2.75) is 52.5 Å². The summed E-state index contributed by atoms with van der Waals surface area (Å²) in [5.41, 5.74) is 0. The molecular formula is C16H33IN4O2. The summed E-state index contributed by atoms with van der Waals surface area (Å²) >= 11 is 0. The van der Waals surface area contributed by atoms with E-state index < -0.39 is 0 Å². The van der Waals surface area contributed by atoms with Gasteiger partial charge in [0.15, 0.2) is 5.96 Å².